The average molecular weight is 587 g/mol. The van der Waals surface area contributed by atoms with Crippen molar-refractivity contribution in [1.29, 1.82) is 0 Å². The van der Waals surface area contributed by atoms with Crippen LogP contribution in [0, 0.1) is 12.8 Å². The summed E-state index contributed by atoms with van der Waals surface area (Å²) in [6.07, 6.45) is 3.70. The molecule has 0 saturated heterocycles. The molecule has 0 aliphatic carbocycles. The number of halogens is 1. The zero-order valence-electron chi connectivity index (χ0n) is 20.2. The molecule has 8 heteroatoms. The third-order valence-electron chi connectivity index (χ3n) is 6.75. The number of fused-ring (bicyclic) bond motifs is 2. The lowest BCUT2D eigenvalue weighted by atomic mass is 10.0. The summed E-state index contributed by atoms with van der Waals surface area (Å²) in [7, 11) is 1.96. The van der Waals surface area contributed by atoms with Crippen LogP contribution in [0.5, 0.6) is 0 Å². The van der Waals surface area contributed by atoms with Crippen LogP contribution < -0.4 is 11.2 Å². The zero-order chi connectivity index (χ0) is 25.3. The van der Waals surface area contributed by atoms with Crippen molar-refractivity contribution in [3.8, 4) is 0 Å². The van der Waals surface area contributed by atoms with Gasteiger partial charge in [0.2, 0.25) is 0 Å². The van der Waals surface area contributed by atoms with Crippen molar-refractivity contribution in [3.63, 3.8) is 0 Å². The molecule has 7 nitrogen and oxygen atoms in total. The number of carbonyl (C=O) groups is 1. The van der Waals surface area contributed by atoms with Crippen molar-refractivity contribution in [2.24, 2.45) is 13.0 Å². The molecule has 0 aliphatic rings. The van der Waals surface area contributed by atoms with Gasteiger partial charge in [0.25, 0.3) is 5.56 Å². The fraction of sp³-hybridized carbons (Fsp3) is 0.370. The van der Waals surface area contributed by atoms with Crippen LogP contribution in [0.4, 0.5) is 0 Å². The molecular formula is C27H30IN3O4. The number of para-hydroxylation sites is 1. The number of benzene rings is 2. The number of nitrogens with zero attached hydrogens (tertiary/aromatic N) is 3. The second-order valence-electron chi connectivity index (χ2n) is 9.34. The van der Waals surface area contributed by atoms with Gasteiger partial charge in [-0.1, -0.05) is 60.2 Å². The van der Waals surface area contributed by atoms with E-state index in [4.69, 9.17) is 0 Å². The molecular weight excluding hydrogens is 557 g/mol. The third-order valence-corrected chi connectivity index (χ3v) is 8.25. The second kappa shape index (κ2) is 10.4. The molecule has 2 aromatic carbocycles. The normalized spacial score (nSPS) is 13.4. The molecule has 1 N–H and O–H groups in total. The molecule has 0 radical (unpaired) electrons. The summed E-state index contributed by atoms with van der Waals surface area (Å²) in [6, 6.07) is 11.8. The average Bonchev–Trinajstić information content (AvgIpc) is 3.16. The maximum absolute atomic E-state index is 13.8. The fourth-order valence-electron chi connectivity index (χ4n) is 4.89. The van der Waals surface area contributed by atoms with E-state index in [0.29, 0.717) is 23.2 Å². The van der Waals surface area contributed by atoms with Gasteiger partial charge in [-0.2, -0.15) is 0 Å². The van der Waals surface area contributed by atoms with Gasteiger partial charge >= 0.3 is 11.7 Å². The van der Waals surface area contributed by atoms with Gasteiger partial charge in [-0.15, -0.1) is 0 Å². The molecule has 2 heterocycles. The van der Waals surface area contributed by atoms with Crippen LogP contribution >= 0.6 is 22.6 Å². The van der Waals surface area contributed by atoms with Gasteiger partial charge in [0.15, 0.2) is 0 Å². The van der Waals surface area contributed by atoms with E-state index in [-0.39, 0.29) is 13.0 Å². The van der Waals surface area contributed by atoms with E-state index in [0.717, 1.165) is 37.4 Å². The van der Waals surface area contributed by atoms with Gasteiger partial charge in [0.05, 0.1) is 17.4 Å². The number of aryl methyl sites for hydroxylation is 2. The van der Waals surface area contributed by atoms with Crippen molar-refractivity contribution < 1.29 is 9.90 Å². The lowest BCUT2D eigenvalue weighted by Gasteiger charge is -2.19. The smallest absolute Gasteiger partial charge is 0.332 e. The minimum atomic E-state index is -1.21. The predicted octanol–water partition coefficient (Wildman–Crippen LogP) is 4.88. The highest BCUT2D eigenvalue weighted by molar-refractivity contribution is 14.1. The van der Waals surface area contributed by atoms with E-state index in [1.54, 1.807) is 28.8 Å². The SMILES string of the molecule is Cc1cccc2c1c(Cn1c(=O)n([C@H](CCCC(C)CI)C(=O)O)c(=O)c3ccccc31)cn2C. The van der Waals surface area contributed by atoms with Gasteiger partial charge in [-0.3, -0.25) is 9.36 Å². The minimum absolute atomic E-state index is 0.233. The van der Waals surface area contributed by atoms with Crippen LogP contribution in [0.2, 0.25) is 0 Å². The third kappa shape index (κ3) is 4.80. The number of alkyl halides is 1. The molecule has 0 bridgehead atoms. The lowest BCUT2D eigenvalue weighted by Crippen LogP contribution is -2.44. The molecule has 4 rings (SSSR count). The highest BCUT2D eigenvalue weighted by Crippen LogP contribution is 2.26. The number of carboxylic acid groups (broad SMARTS) is 1. The van der Waals surface area contributed by atoms with Crippen molar-refractivity contribution >= 4 is 50.4 Å². The zero-order valence-corrected chi connectivity index (χ0v) is 22.4. The first-order valence-corrected chi connectivity index (χ1v) is 13.3. The Kier molecular flexibility index (Phi) is 7.49. The van der Waals surface area contributed by atoms with E-state index >= 15 is 0 Å². The van der Waals surface area contributed by atoms with Crippen molar-refractivity contribution in [1.82, 2.24) is 13.7 Å². The number of hydrogen-bond acceptors (Lipinski definition) is 3. The quantitative estimate of drug-likeness (QED) is 0.224. The number of carboxylic acids is 1. The van der Waals surface area contributed by atoms with Crippen LogP contribution in [0.1, 0.15) is 43.4 Å². The summed E-state index contributed by atoms with van der Waals surface area (Å²) in [6.45, 7) is 4.38. The Balaban J connectivity index is 1.89. The molecule has 0 spiro atoms. The Hall–Kier alpha value is -2.88. The molecule has 35 heavy (non-hydrogen) atoms. The van der Waals surface area contributed by atoms with Crippen LogP contribution in [-0.2, 0) is 18.4 Å². The molecule has 0 saturated carbocycles. The van der Waals surface area contributed by atoms with Crippen molar-refractivity contribution in [2.75, 3.05) is 4.43 Å². The first-order valence-electron chi connectivity index (χ1n) is 11.8. The summed E-state index contributed by atoms with van der Waals surface area (Å²) in [5.74, 6) is -0.709. The summed E-state index contributed by atoms with van der Waals surface area (Å²) in [5.41, 5.74) is 2.46. The van der Waals surface area contributed by atoms with Crippen LogP contribution in [0.25, 0.3) is 21.8 Å². The molecule has 0 fully saturated rings. The van der Waals surface area contributed by atoms with E-state index < -0.39 is 23.3 Å². The second-order valence-corrected chi connectivity index (χ2v) is 10.2. The maximum Gasteiger partial charge on any atom is 0.332 e. The standard InChI is InChI=1S/C27H30IN3O4/c1-17(14-28)8-6-13-23(26(33)34)31-25(32)20-10-4-5-11-21(20)30(27(31)35)16-19-15-29(3)22-12-7-9-18(2)24(19)22/h4-5,7,9-12,15,17,23H,6,8,13-14,16H2,1-3H3,(H,33,34)/t17?,23-/m1/s1. The van der Waals surface area contributed by atoms with E-state index in [2.05, 4.69) is 29.5 Å². The number of rotatable bonds is 9. The Morgan fingerprint density at radius 2 is 1.77 bits per heavy atom. The lowest BCUT2D eigenvalue weighted by molar-refractivity contribution is -0.141. The molecule has 184 valence electrons. The van der Waals surface area contributed by atoms with Crippen LogP contribution in [0.15, 0.2) is 58.3 Å². The highest BCUT2D eigenvalue weighted by Gasteiger charge is 2.26. The van der Waals surface area contributed by atoms with Gasteiger partial charge in [0, 0.05) is 28.6 Å². The number of aromatic nitrogens is 3. The Labute approximate surface area is 217 Å². The largest absolute Gasteiger partial charge is 0.480 e. The molecule has 0 aliphatic heterocycles. The van der Waals surface area contributed by atoms with E-state index in [1.165, 1.54) is 0 Å². The Morgan fingerprint density at radius 3 is 2.49 bits per heavy atom. The summed E-state index contributed by atoms with van der Waals surface area (Å²) < 4.78 is 5.50. The molecule has 1 unspecified atom stereocenters. The highest BCUT2D eigenvalue weighted by atomic mass is 127. The predicted molar refractivity (Wildman–Crippen MR) is 148 cm³/mol. The van der Waals surface area contributed by atoms with E-state index in [1.807, 2.05) is 42.9 Å². The van der Waals surface area contributed by atoms with Gasteiger partial charge < -0.3 is 9.67 Å². The fourth-order valence-corrected chi connectivity index (χ4v) is 5.33. The van der Waals surface area contributed by atoms with Crippen LogP contribution in [0.3, 0.4) is 0 Å². The van der Waals surface area contributed by atoms with Crippen LogP contribution in [-0.4, -0.2) is 29.2 Å². The summed E-state index contributed by atoms with van der Waals surface area (Å²) in [5, 5.41) is 11.4. The van der Waals surface area contributed by atoms with Gasteiger partial charge in [0.1, 0.15) is 6.04 Å². The van der Waals surface area contributed by atoms with Crippen molar-refractivity contribution in [2.45, 2.75) is 45.7 Å². The first kappa shape index (κ1) is 25.2. The number of hydrogen-bond donors (Lipinski definition) is 1. The Bertz CT molecular complexity index is 1510. The topological polar surface area (TPSA) is 86.2 Å². The first-order chi connectivity index (χ1) is 16.7. The maximum atomic E-state index is 13.8. The molecule has 2 atom stereocenters. The Morgan fingerprint density at radius 1 is 1.06 bits per heavy atom. The van der Waals surface area contributed by atoms with E-state index in [9.17, 15) is 19.5 Å². The van der Waals surface area contributed by atoms with Gasteiger partial charge in [-0.25, -0.2) is 14.2 Å². The van der Waals surface area contributed by atoms with Crippen molar-refractivity contribution in [3.05, 3.63) is 80.6 Å². The monoisotopic (exact) mass is 587 g/mol. The molecule has 2 aromatic heterocycles. The number of aliphatic carboxylic acids is 1. The van der Waals surface area contributed by atoms with Gasteiger partial charge in [-0.05, 0) is 55.0 Å². The summed E-state index contributed by atoms with van der Waals surface area (Å²) in [4.78, 5) is 39.5. The molecule has 4 aromatic rings. The molecule has 0 amide bonds. The summed E-state index contributed by atoms with van der Waals surface area (Å²) >= 11 is 2.31. The minimum Gasteiger partial charge on any atom is -0.480 e.